The third-order valence-electron chi connectivity index (χ3n) is 5.60. The van der Waals surface area contributed by atoms with E-state index >= 15 is 0 Å². The number of amides is 1. The summed E-state index contributed by atoms with van der Waals surface area (Å²) in [7, 11) is -1.78. The van der Waals surface area contributed by atoms with E-state index in [1.165, 1.54) is 34.1 Å². The van der Waals surface area contributed by atoms with Gasteiger partial charge in [0, 0.05) is 32.6 Å². The van der Waals surface area contributed by atoms with E-state index in [4.69, 9.17) is 5.26 Å². The van der Waals surface area contributed by atoms with Gasteiger partial charge < -0.3 is 4.90 Å². The Morgan fingerprint density at radius 1 is 1.10 bits per heavy atom. The number of sulfonamides is 1. The summed E-state index contributed by atoms with van der Waals surface area (Å²) in [4.78, 5) is 14.7. The molecule has 6 nitrogen and oxygen atoms in total. The Kier molecular flexibility index (Phi) is 7.24. The molecule has 0 bridgehead atoms. The standard InChI is InChI=1S/C23H27N3O3S/c1-25(15-5-8-19-6-3-2-4-7-19)23(27)21-13-16-26(17-14-21)30(28,29)22-11-9-20(18-24)10-12-22/h2-4,6-7,9-12,21H,5,8,13-17H2,1H3. The number of aryl methyl sites for hydroxylation is 1. The van der Waals surface area contributed by atoms with Crippen molar-refractivity contribution in [2.24, 2.45) is 5.92 Å². The molecule has 7 heteroatoms. The van der Waals surface area contributed by atoms with Gasteiger partial charge in [-0.15, -0.1) is 0 Å². The summed E-state index contributed by atoms with van der Waals surface area (Å²) in [5, 5.41) is 8.87. The number of nitriles is 1. The molecule has 1 aliphatic rings. The van der Waals surface area contributed by atoms with Crippen molar-refractivity contribution in [2.45, 2.75) is 30.6 Å². The van der Waals surface area contributed by atoms with Crippen molar-refractivity contribution in [2.75, 3.05) is 26.7 Å². The van der Waals surface area contributed by atoms with Crippen LogP contribution in [0.4, 0.5) is 0 Å². The minimum absolute atomic E-state index is 0.0958. The van der Waals surface area contributed by atoms with Crippen LogP contribution in [0.3, 0.4) is 0 Å². The van der Waals surface area contributed by atoms with E-state index in [2.05, 4.69) is 12.1 Å². The molecule has 3 rings (SSSR count). The van der Waals surface area contributed by atoms with Crippen LogP contribution in [-0.4, -0.2) is 50.2 Å². The topological polar surface area (TPSA) is 81.5 Å². The van der Waals surface area contributed by atoms with Gasteiger partial charge in [-0.25, -0.2) is 8.42 Å². The van der Waals surface area contributed by atoms with Crippen LogP contribution in [-0.2, 0) is 21.2 Å². The Bertz CT molecular complexity index is 990. The molecule has 0 aromatic heterocycles. The van der Waals surface area contributed by atoms with Gasteiger partial charge in [0.2, 0.25) is 15.9 Å². The molecule has 1 amide bonds. The molecule has 0 aliphatic carbocycles. The molecule has 1 aliphatic heterocycles. The zero-order valence-electron chi connectivity index (χ0n) is 17.2. The number of hydrogen-bond donors (Lipinski definition) is 0. The first-order valence-corrected chi connectivity index (χ1v) is 11.6. The second-order valence-corrected chi connectivity index (χ2v) is 9.60. The van der Waals surface area contributed by atoms with Gasteiger partial charge in [-0.05, 0) is 55.5 Å². The van der Waals surface area contributed by atoms with Crippen molar-refractivity contribution in [3.8, 4) is 6.07 Å². The summed E-state index contributed by atoms with van der Waals surface area (Å²) in [6.45, 7) is 1.35. The lowest BCUT2D eigenvalue weighted by atomic mass is 9.96. The molecule has 0 spiro atoms. The molecule has 1 saturated heterocycles. The number of carbonyl (C=O) groups excluding carboxylic acids is 1. The smallest absolute Gasteiger partial charge is 0.243 e. The Labute approximate surface area is 178 Å². The molecule has 0 unspecified atom stereocenters. The van der Waals surface area contributed by atoms with Gasteiger partial charge in [0.15, 0.2) is 0 Å². The molecule has 0 radical (unpaired) electrons. The first-order valence-electron chi connectivity index (χ1n) is 10.2. The normalized spacial score (nSPS) is 15.5. The highest BCUT2D eigenvalue weighted by atomic mass is 32.2. The largest absolute Gasteiger partial charge is 0.346 e. The number of carbonyl (C=O) groups is 1. The summed E-state index contributed by atoms with van der Waals surface area (Å²) in [6.07, 6.45) is 2.88. The van der Waals surface area contributed by atoms with Crippen LogP contribution >= 0.6 is 0 Å². The summed E-state index contributed by atoms with van der Waals surface area (Å²) in [5.74, 6) is -0.0439. The Morgan fingerprint density at radius 3 is 2.33 bits per heavy atom. The van der Waals surface area contributed by atoms with Gasteiger partial charge in [-0.3, -0.25) is 4.79 Å². The Balaban J connectivity index is 1.50. The second kappa shape index (κ2) is 9.88. The van der Waals surface area contributed by atoms with Gasteiger partial charge in [-0.1, -0.05) is 30.3 Å². The van der Waals surface area contributed by atoms with Crippen LogP contribution in [0.5, 0.6) is 0 Å². The zero-order valence-corrected chi connectivity index (χ0v) is 18.0. The van der Waals surface area contributed by atoms with Crippen molar-refractivity contribution in [1.29, 1.82) is 5.26 Å². The molecular weight excluding hydrogens is 398 g/mol. The molecule has 30 heavy (non-hydrogen) atoms. The fourth-order valence-corrected chi connectivity index (χ4v) is 5.25. The Hall–Kier alpha value is -2.69. The minimum Gasteiger partial charge on any atom is -0.346 e. The maximum atomic E-state index is 12.8. The summed E-state index contributed by atoms with van der Waals surface area (Å²) < 4.78 is 27.1. The quantitative estimate of drug-likeness (QED) is 0.683. The van der Waals surface area contributed by atoms with Gasteiger partial charge in [-0.2, -0.15) is 9.57 Å². The van der Waals surface area contributed by atoms with Crippen molar-refractivity contribution in [3.63, 3.8) is 0 Å². The second-order valence-electron chi connectivity index (χ2n) is 7.66. The van der Waals surface area contributed by atoms with Gasteiger partial charge in [0.25, 0.3) is 0 Å². The lowest BCUT2D eigenvalue weighted by Gasteiger charge is -2.32. The van der Waals surface area contributed by atoms with Crippen LogP contribution in [0, 0.1) is 17.2 Å². The molecule has 0 saturated carbocycles. The maximum Gasteiger partial charge on any atom is 0.243 e. The van der Waals surface area contributed by atoms with E-state index in [1.54, 1.807) is 4.90 Å². The summed E-state index contributed by atoms with van der Waals surface area (Å²) in [5.41, 5.74) is 1.69. The van der Waals surface area contributed by atoms with E-state index in [9.17, 15) is 13.2 Å². The van der Waals surface area contributed by atoms with Crippen LogP contribution in [0.25, 0.3) is 0 Å². The van der Waals surface area contributed by atoms with E-state index in [0.29, 0.717) is 38.0 Å². The van der Waals surface area contributed by atoms with E-state index in [0.717, 1.165) is 12.8 Å². The van der Waals surface area contributed by atoms with E-state index in [-0.39, 0.29) is 16.7 Å². The number of piperidine rings is 1. The molecule has 0 atom stereocenters. The molecule has 0 N–H and O–H groups in total. The predicted octanol–water partition coefficient (Wildman–Crippen LogP) is 3.05. The first kappa shape index (κ1) is 22.0. The number of hydrogen-bond acceptors (Lipinski definition) is 4. The highest BCUT2D eigenvalue weighted by Gasteiger charge is 2.33. The fourth-order valence-electron chi connectivity index (χ4n) is 3.78. The van der Waals surface area contributed by atoms with E-state index < -0.39 is 10.0 Å². The van der Waals surface area contributed by atoms with Gasteiger partial charge in [0.05, 0.1) is 16.5 Å². The highest BCUT2D eigenvalue weighted by molar-refractivity contribution is 7.89. The van der Waals surface area contributed by atoms with Crippen LogP contribution in [0.1, 0.15) is 30.4 Å². The summed E-state index contributed by atoms with van der Waals surface area (Å²) in [6, 6.07) is 18.1. The number of benzene rings is 2. The molecule has 1 heterocycles. The Morgan fingerprint density at radius 2 is 1.73 bits per heavy atom. The SMILES string of the molecule is CN(CCCc1ccccc1)C(=O)C1CCN(S(=O)(=O)c2ccc(C#N)cc2)CC1. The van der Waals surface area contributed by atoms with Gasteiger partial charge >= 0.3 is 0 Å². The molecule has 1 fully saturated rings. The average molecular weight is 426 g/mol. The fraction of sp³-hybridized carbons (Fsp3) is 0.391. The van der Waals surface area contributed by atoms with Crippen molar-refractivity contribution in [3.05, 3.63) is 65.7 Å². The monoisotopic (exact) mass is 425 g/mol. The molecule has 2 aromatic rings. The molecular formula is C23H27N3O3S. The predicted molar refractivity (Wildman–Crippen MR) is 115 cm³/mol. The van der Waals surface area contributed by atoms with Gasteiger partial charge in [0.1, 0.15) is 0 Å². The number of rotatable bonds is 7. The first-order chi connectivity index (χ1) is 14.4. The minimum atomic E-state index is -3.60. The third-order valence-corrected chi connectivity index (χ3v) is 7.52. The lowest BCUT2D eigenvalue weighted by molar-refractivity contribution is -0.135. The lowest BCUT2D eigenvalue weighted by Crippen LogP contribution is -2.43. The van der Waals surface area contributed by atoms with Crippen molar-refractivity contribution >= 4 is 15.9 Å². The van der Waals surface area contributed by atoms with E-state index in [1.807, 2.05) is 31.3 Å². The highest BCUT2D eigenvalue weighted by Crippen LogP contribution is 2.25. The van der Waals surface area contributed by atoms with Crippen LogP contribution < -0.4 is 0 Å². The number of nitrogens with zero attached hydrogens (tertiary/aromatic N) is 3. The third kappa shape index (κ3) is 5.26. The van der Waals surface area contributed by atoms with Crippen LogP contribution in [0.2, 0.25) is 0 Å². The van der Waals surface area contributed by atoms with Crippen LogP contribution in [0.15, 0.2) is 59.5 Å². The zero-order chi connectivity index (χ0) is 21.6. The van der Waals surface area contributed by atoms with Crippen molar-refractivity contribution < 1.29 is 13.2 Å². The van der Waals surface area contributed by atoms with Crippen molar-refractivity contribution in [1.82, 2.24) is 9.21 Å². The summed E-state index contributed by atoms with van der Waals surface area (Å²) >= 11 is 0. The molecule has 158 valence electrons. The average Bonchev–Trinajstić information content (AvgIpc) is 2.79. The molecule has 2 aromatic carbocycles. The maximum absolute atomic E-state index is 12.8.